The second kappa shape index (κ2) is 8.24. The third-order valence-electron chi connectivity index (χ3n) is 3.92. The highest BCUT2D eigenvalue weighted by Gasteiger charge is 2.33. The predicted molar refractivity (Wildman–Crippen MR) is 98.2 cm³/mol. The van der Waals surface area contributed by atoms with Crippen LogP contribution in [0.15, 0.2) is 18.2 Å². The van der Waals surface area contributed by atoms with Gasteiger partial charge in [0.25, 0.3) is 0 Å². The SMILES string of the molecule is C#CCN(CC(F)(F)F)C(=O)Cc1c(C)nn(-c2ccc(Cl)c(Cl)c2)c1C. The van der Waals surface area contributed by atoms with Gasteiger partial charge in [0, 0.05) is 11.3 Å². The van der Waals surface area contributed by atoms with E-state index in [-0.39, 0.29) is 6.42 Å². The molecule has 4 nitrogen and oxygen atoms in total. The number of nitrogens with zero attached hydrogens (tertiary/aromatic N) is 3. The Labute approximate surface area is 164 Å². The van der Waals surface area contributed by atoms with Crippen molar-refractivity contribution in [2.24, 2.45) is 0 Å². The summed E-state index contributed by atoms with van der Waals surface area (Å²) in [5.74, 6) is 1.37. The van der Waals surface area contributed by atoms with Gasteiger partial charge in [-0.3, -0.25) is 4.79 Å². The van der Waals surface area contributed by atoms with Crippen molar-refractivity contribution in [1.82, 2.24) is 14.7 Å². The number of carbonyl (C=O) groups excluding carboxylic acids is 1. The molecule has 0 saturated heterocycles. The van der Waals surface area contributed by atoms with Crippen molar-refractivity contribution in [2.45, 2.75) is 26.4 Å². The van der Waals surface area contributed by atoms with Crippen LogP contribution in [-0.2, 0) is 11.2 Å². The number of hydrogen-bond acceptors (Lipinski definition) is 2. The van der Waals surface area contributed by atoms with Gasteiger partial charge in [0.05, 0.1) is 34.4 Å². The molecule has 2 rings (SSSR count). The van der Waals surface area contributed by atoms with Gasteiger partial charge in [-0.15, -0.1) is 6.42 Å². The highest BCUT2D eigenvalue weighted by molar-refractivity contribution is 6.42. The first-order valence-electron chi connectivity index (χ1n) is 7.82. The third-order valence-corrected chi connectivity index (χ3v) is 4.66. The summed E-state index contributed by atoms with van der Waals surface area (Å²) in [7, 11) is 0. The molecule has 144 valence electrons. The lowest BCUT2D eigenvalue weighted by molar-refractivity contribution is -0.159. The molecule has 0 aliphatic carbocycles. The van der Waals surface area contributed by atoms with Gasteiger partial charge < -0.3 is 4.90 Å². The number of hydrogen-bond donors (Lipinski definition) is 0. The van der Waals surface area contributed by atoms with Crippen LogP contribution in [0, 0.1) is 26.2 Å². The molecule has 0 unspecified atom stereocenters. The van der Waals surface area contributed by atoms with Gasteiger partial charge in [-0.05, 0) is 32.0 Å². The molecule has 0 N–H and O–H groups in total. The number of carbonyl (C=O) groups is 1. The number of terminal acetylenes is 1. The molecule has 0 aliphatic rings. The van der Waals surface area contributed by atoms with E-state index in [0.717, 1.165) is 0 Å². The summed E-state index contributed by atoms with van der Waals surface area (Å²) in [5.41, 5.74) is 2.31. The fraction of sp³-hybridized carbons (Fsp3) is 0.333. The van der Waals surface area contributed by atoms with Gasteiger partial charge in [0.15, 0.2) is 0 Å². The topological polar surface area (TPSA) is 38.1 Å². The van der Waals surface area contributed by atoms with Crippen LogP contribution in [0.25, 0.3) is 5.69 Å². The van der Waals surface area contributed by atoms with Gasteiger partial charge in [0.1, 0.15) is 6.54 Å². The van der Waals surface area contributed by atoms with Crippen LogP contribution in [0.5, 0.6) is 0 Å². The zero-order valence-electron chi connectivity index (χ0n) is 14.6. The first-order chi connectivity index (χ1) is 12.5. The maximum atomic E-state index is 12.7. The Morgan fingerprint density at radius 1 is 1.30 bits per heavy atom. The van der Waals surface area contributed by atoms with Crippen LogP contribution >= 0.6 is 23.2 Å². The molecule has 0 radical (unpaired) electrons. The van der Waals surface area contributed by atoms with Crippen molar-refractivity contribution in [3.05, 3.63) is 45.2 Å². The van der Waals surface area contributed by atoms with Crippen LogP contribution in [0.4, 0.5) is 13.2 Å². The number of aromatic nitrogens is 2. The maximum absolute atomic E-state index is 12.7. The van der Waals surface area contributed by atoms with Crippen molar-refractivity contribution in [1.29, 1.82) is 0 Å². The summed E-state index contributed by atoms with van der Waals surface area (Å²) in [5, 5.41) is 5.09. The zero-order chi connectivity index (χ0) is 20.4. The second-order valence-electron chi connectivity index (χ2n) is 5.91. The Hall–Kier alpha value is -2.17. The summed E-state index contributed by atoms with van der Waals surface area (Å²) >= 11 is 11.9. The normalized spacial score (nSPS) is 11.3. The largest absolute Gasteiger partial charge is 0.406 e. The molecule has 0 saturated carbocycles. The minimum absolute atomic E-state index is 0.239. The molecule has 0 fully saturated rings. The fourth-order valence-corrected chi connectivity index (χ4v) is 2.91. The van der Waals surface area contributed by atoms with Crippen LogP contribution in [0.2, 0.25) is 10.0 Å². The minimum atomic E-state index is -4.53. The number of benzene rings is 1. The second-order valence-corrected chi connectivity index (χ2v) is 6.72. The number of halogens is 5. The molecule has 2 aromatic rings. The molecule has 0 bridgehead atoms. The number of rotatable bonds is 5. The summed E-state index contributed by atoms with van der Waals surface area (Å²) in [4.78, 5) is 13.0. The van der Waals surface area contributed by atoms with Crippen molar-refractivity contribution in [2.75, 3.05) is 13.1 Å². The predicted octanol–water partition coefficient (Wildman–Crippen LogP) is 4.36. The van der Waals surface area contributed by atoms with Gasteiger partial charge in [-0.1, -0.05) is 29.1 Å². The minimum Gasteiger partial charge on any atom is -0.322 e. The molecule has 9 heteroatoms. The first-order valence-corrected chi connectivity index (χ1v) is 8.57. The monoisotopic (exact) mass is 417 g/mol. The summed E-state index contributed by atoms with van der Waals surface area (Å²) in [6.45, 7) is 1.59. The van der Waals surface area contributed by atoms with E-state index in [9.17, 15) is 18.0 Å². The van der Waals surface area contributed by atoms with Gasteiger partial charge in [0.2, 0.25) is 5.91 Å². The van der Waals surface area contributed by atoms with Crippen molar-refractivity contribution in [3.8, 4) is 18.0 Å². The summed E-state index contributed by atoms with van der Waals surface area (Å²) < 4.78 is 39.6. The Bertz CT molecular complexity index is 900. The van der Waals surface area contributed by atoms with Gasteiger partial charge >= 0.3 is 6.18 Å². The van der Waals surface area contributed by atoms with E-state index in [4.69, 9.17) is 29.6 Å². The number of aryl methyl sites for hydroxylation is 1. The van der Waals surface area contributed by atoms with E-state index in [1.807, 2.05) is 0 Å². The lowest BCUT2D eigenvalue weighted by Gasteiger charge is -2.21. The lowest BCUT2D eigenvalue weighted by Crippen LogP contribution is -2.40. The smallest absolute Gasteiger partial charge is 0.322 e. The summed E-state index contributed by atoms with van der Waals surface area (Å²) in [6.07, 6.45) is 0.328. The van der Waals surface area contributed by atoms with Gasteiger partial charge in [-0.25, -0.2) is 4.68 Å². The Morgan fingerprint density at radius 3 is 2.52 bits per heavy atom. The molecule has 27 heavy (non-hydrogen) atoms. The zero-order valence-corrected chi connectivity index (χ0v) is 16.1. The Balaban J connectivity index is 2.31. The average Bonchev–Trinajstić information content (AvgIpc) is 2.84. The average molecular weight is 418 g/mol. The van der Waals surface area contributed by atoms with Crippen LogP contribution < -0.4 is 0 Å². The molecule has 0 aliphatic heterocycles. The Kier molecular flexibility index (Phi) is 6.45. The summed E-state index contributed by atoms with van der Waals surface area (Å²) in [6, 6.07) is 4.93. The van der Waals surface area contributed by atoms with E-state index in [1.165, 1.54) is 0 Å². The molecule has 0 spiro atoms. The van der Waals surface area contributed by atoms with E-state index in [1.54, 1.807) is 36.7 Å². The van der Waals surface area contributed by atoms with E-state index < -0.39 is 25.2 Å². The van der Waals surface area contributed by atoms with Crippen molar-refractivity contribution < 1.29 is 18.0 Å². The standard InChI is InChI=1S/C18H16Cl2F3N3O/c1-4-7-25(10-18(21,22)23)17(27)9-14-11(2)24-26(12(14)3)13-5-6-15(19)16(20)8-13/h1,5-6,8H,7,9-10H2,2-3H3. The fourth-order valence-electron chi connectivity index (χ4n) is 2.62. The quantitative estimate of drug-likeness (QED) is 0.677. The van der Waals surface area contributed by atoms with E-state index >= 15 is 0 Å². The van der Waals surface area contributed by atoms with E-state index in [2.05, 4.69) is 11.0 Å². The molecular weight excluding hydrogens is 402 g/mol. The van der Waals surface area contributed by atoms with Crippen molar-refractivity contribution >= 4 is 29.1 Å². The highest BCUT2D eigenvalue weighted by atomic mass is 35.5. The van der Waals surface area contributed by atoms with Crippen LogP contribution in [-0.4, -0.2) is 39.9 Å². The number of amides is 1. The van der Waals surface area contributed by atoms with E-state index in [0.29, 0.717) is 37.6 Å². The molecule has 1 aromatic heterocycles. The molecular formula is C18H16Cl2F3N3O. The highest BCUT2D eigenvalue weighted by Crippen LogP contribution is 2.26. The molecule has 0 atom stereocenters. The molecule has 1 amide bonds. The molecule has 1 heterocycles. The first kappa shape index (κ1) is 21.1. The van der Waals surface area contributed by atoms with Crippen LogP contribution in [0.1, 0.15) is 17.0 Å². The third kappa shape index (κ3) is 5.18. The maximum Gasteiger partial charge on any atom is 0.406 e. The lowest BCUT2D eigenvalue weighted by atomic mass is 10.1. The van der Waals surface area contributed by atoms with Crippen molar-refractivity contribution in [3.63, 3.8) is 0 Å². The Morgan fingerprint density at radius 2 is 1.96 bits per heavy atom. The molecule has 1 aromatic carbocycles. The van der Waals surface area contributed by atoms with Gasteiger partial charge in [-0.2, -0.15) is 18.3 Å². The number of alkyl halides is 3. The van der Waals surface area contributed by atoms with Crippen LogP contribution in [0.3, 0.4) is 0 Å².